The Kier molecular flexibility index (Phi) is 2.60. The van der Waals surface area contributed by atoms with Crippen molar-refractivity contribution < 1.29 is 0 Å². The summed E-state index contributed by atoms with van der Waals surface area (Å²) >= 11 is 0. The number of nitrogens with one attached hydrogen (secondary N) is 1. The molecule has 1 aromatic carbocycles. The molecule has 0 saturated carbocycles. The lowest BCUT2D eigenvalue weighted by molar-refractivity contribution is 0.499. The van der Waals surface area contributed by atoms with E-state index >= 15 is 0 Å². The summed E-state index contributed by atoms with van der Waals surface area (Å²) in [6, 6.07) is 7.16. The molecule has 1 heteroatoms. The maximum absolute atomic E-state index is 3.60. The van der Waals surface area contributed by atoms with Crippen LogP contribution in [0.25, 0.3) is 0 Å². The summed E-state index contributed by atoms with van der Waals surface area (Å²) in [6.07, 6.45) is 1.30. The molecule has 1 aliphatic heterocycles. The summed E-state index contributed by atoms with van der Waals surface area (Å²) in [5.41, 5.74) is 4.38. The minimum absolute atomic E-state index is 0.580. The summed E-state index contributed by atoms with van der Waals surface area (Å²) in [5.74, 6) is 0.773. The fourth-order valence-corrected chi connectivity index (χ4v) is 2.54. The maximum atomic E-state index is 3.60. The van der Waals surface area contributed by atoms with Gasteiger partial charge in [-0.1, -0.05) is 25.1 Å². The normalized spacial score (nSPS) is 26.8. The lowest BCUT2D eigenvalue weighted by atomic mass is 9.90. The Morgan fingerprint density at radius 2 is 1.86 bits per heavy atom. The number of rotatable bonds is 1. The molecule has 76 valence electrons. The molecule has 1 heterocycles. The van der Waals surface area contributed by atoms with Crippen LogP contribution in [0.3, 0.4) is 0 Å². The monoisotopic (exact) mass is 189 g/mol. The number of hydrogen-bond donors (Lipinski definition) is 1. The van der Waals surface area contributed by atoms with Gasteiger partial charge in [0.2, 0.25) is 0 Å². The first-order valence-corrected chi connectivity index (χ1v) is 5.49. The highest BCUT2D eigenvalue weighted by Crippen LogP contribution is 2.32. The van der Waals surface area contributed by atoms with Gasteiger partial charge >= 0.3 is 0 Å². The van der Waals surface area contributed by atoms with Crippen LogP contribution in [0.5, 0.6) is 0 Å². The number of hydrogen-bond acceptors (Lipinski definition) is 1. The van der Waals surface area contributed by atoms with Crippen LogP contribution in [-0.2, 0) is 0 Å². The van der Waals surface area contributed by atoms with Crippen molar-refractivity contribution in [3.05, 3.63) is 34.9 Å². The second-order valence-corrected chi connectivity index (χ2v) is 4.50. The predicted molar refractivity (Wildman–Crippen MR) is 60.4 cm³/mol. The second-order valence-electron chi connectivity index (χ2n) is 4.50. The molecule has 0 aliphatic carbocycles. The van der Waals surface area contributed by atoms with Crippen molar-refractivity contribution in [3.8, 4) is 0 Å². The summed E-state index contributed by atoms with van der Waals surface area (Å²) in [7, 11) is 0. The van der Waals surface area contributed by atoms with Gasteiger partial charge in [0.15, 0.2) is 0 Å². The van der Waals surface area contributed by atoms with Crippen LogP contribution in [0.1, 0.15) is 36.1 Å². The lowest BCUT2D eigenvalue weighted by Gasteiger charge is -2.20. The lowest BCUT2D eigenvalue weighted by Crippen LogP contribution is -2.18. The first-order valence-electron chi connectivity index (χ1n) is 5.49. The van der Waals surface area contributed by atoms with Gasteiger partial charge in [0.05, 0.1) is 0 Å². The molecule has 2 rings (SSSR count). The molecule has 14 heavy (non-hydrogen) atoms. The van der Waals surface area contributed by atoms with Crippen LogP contribution < -0.4 is 5.32 Å². The molecule has 0 aromatic heterocycles. The van der Waals surface area contributed by atoms with Crippen molar-refractivity contribution >= 4 is 0 Å². The van der Waals surface area contributed by atoms with Gasteiger partial charge in [0, 0.05) is 6.04 Å². The molecule has 0 spiro atoms. The van der Waals surface area contributed by atoms with Gasteiger partial charge in [-0.3, -0.25) is 0 Å². The zero-order chi connectivity index (χ0) is 10.1. The van der Waals surface area contributed by atoms with Crippen molar-refractivity contribution in [1.29, 1.82) is 0 Å². The van der Waals surface area contributed by atoms with Gasteiger partial charge in [-0.2, -0.15) is 0 Å². The molecule has 1 saturated heterocycles. The van der Waals surface area contributed by atoms with E-state index in [1.54, 1.807) is 0 Å². The molecule has 0 amide bonds. The first kappa shape index (κ1) is 9.72. The van der Waals surface area contributed by atoms with E-state index in [0.717, 1.165) is 5.92 Å². The van der Waals surface area contributed by atoms with Crippen molar-refractivity contribution in [2.45, 2.75) is 33.2 Å². The molecule has 1 aliphatic rings. The number of benzene rings is 1. The van der Waals surface area contributed by atoms with Crippen molar-refractivity contribution in [3.63, 3.8) is 0 Å². The zero-order valence-corrected chi connectivity index (χ0v) is 9.30. The SMILES string of the molecule is Cc1cccc(C)c1C1NCCC1C. The highest BCUT2D eigenvalue weighted by molar-refractivity contribution is 5.37. The Hall–Kier alpha value is -0.820. The predicted octanol–water partition coefficient (Wildman–Crippen LogP) is 2.97. The molecule has 0 radical (unpaired) electrons. The number of aryl methyl sites for hydroxylation is 2. The molecule has 1 nitrogen and oxygen atoms in total. The van der Waals surface area contributed by atoms with Crippen LogP contribution >= 0.6 is 0 Å². The van der Waals surface area contributed by atoms with E-state index in [9.17, 15) is 0 Å². The topological polar surface area (TPSA) is 12.0 Å². The molecule has 1 N–H and O–H groups in total. The molecule has 1 aromatic rings. The average Bonchev–Trinajstić information content (AvgIpc) is 2.52. The smallest absolute Gasteiger partial charge is 0.0351 e. The van der Waals surface area contributed by atoms with Gasteiger partial charge in [-0.25, -0.2) is 0 Å². The standard InChI is InChI=1S/C13H19N/c1-9-5-4-6-10(2)12(9)13-11(3)7-8-14-13/h4-6,11,13-14H,7-8H2,1-3H3. The Balaban J connectivity index is 2.39. The van der Waals surface area contributed by atoms with E-state index in [-0.39, 0.29) is 0 Å². The minimum atomic E-state index is 0.580. The van der Waals surface area contributed by atoms with Crippen LogP contribution in [0.2, 0.25) is 0 Å². The Bertz CT molecular complexity index is 310. The van der Waals surface area contributed by atoms with E-state index in [0.29, 0.717) is 6.04 Å². The highest BCUT2D eigenvalue weighted by Gasteiger charge is 2.26. The Morgan fingerprint density at radius 3 is 2.36 bits per heavy atom. The van der Waals surface area contributed by atoms with E-state index in [4.69, 9.17) is 0 Å². The minimum Gasteiger partial charge on any atom is -0.310 e. The largest absolute Gasteiger partial charge is 0.310 e. The van der Waals surface area contributed by atoms with Crippen molar-refractivity contribution in [2.75, 3.05) is 6.54 Å². The van der Waals surface area contributed by atoms with Gasteiger partial charge in [0.25, 0.3) is 0 Å². The van der Waals surface area contributed by atoms with Gasteiger partial charge in [-0.15, -0.1) is 0 Å². The zero-order valence-electron chi connectivity index (χ0n) is 9.30. The van der Waals surface area contributed by atoms with Crippen molar-refractivity contribution in [2.24, 2.45) is 5.92 Å². The second kappa shape index (κ2) is 3.74. The highest BCUT2D eigenvalue weighted by atomic mass is 14.9. The van der Waals surface area contributed by atoms with Crippen molar-refractivity contribution in [1.82, 2.24) is 5.32 Å². The first-order chi connectivity index (χ1) is 6.70. The molecule has 2 atom stereocenters. The molecule has 2 unspecified atom stereocenters. The Labute approximate surface area is 86.5 Å². The summed E-state index contributed by atoms with van der Waals surface area (Å²) in [6.45, 7) is 7.94. The van der Waals surface area contributed by atoms with Gasteiger partial charge in [0.1, 0.15) is 0 Å². The average molecular weight is 189 g/mol. The van der Waals surface area contributed by atoms with Crippen LogP contribution in [-0.4, -0.2) is 6.54 Å². The molecule has 1 fully saturated rings. The van der Waals surface area contributed by atoms with E-state index in [1.807, 2.05) is 0 Å². The van der Waals surface area contributed by atoms with E-state index in [1.165, 1.54) is 29.7 Å². The summed E-state index contributed by atoms with van der Waals surface area (Å²) < 4.78 is 0. The van der Waals surface area contributed by atoms with Crippen LogP contribution in [0.15, 0.2) is 18.2 Å². The van der Waals surface area contributed by atoms with Gasteiger partial charge in [-0.05, 0) is 49.4 Å². The summed E-state index contributed by atoms with van der Waals surface area (Å²) in [5, 5.41) is 3.60. The van der Waals surface area contributed by atoms with E-state index < -0.39 is 0 Å². The summed E-state index contributed by atoms with van der Waals surface area (Å²) in [4.78, 5) is 0. The van der Waals surface area contributed by atoms with Crippen LogP contribution in [0, 0.1) is 19.8 Å². The third-order valence-electron chi connectivity index (χ3n) is 3.39. The van der Waals surface area contributed by atoms with Gasteiger partial charge < -0.3 is 5.32 Å². The third-order valence-corrected chi connectivity index (χ3v) is 3.39. The Morgan fingerprint density at radius 1 is 1.21 bits per heavy atom. The third kappa shape index (κ3) is 1.57. The molecular weight excluding hydrogens is 170 g/mol. The fourth-order valence-electron chi connectivity index (χ4n) is 2.54. The van der Waals surface area contributed by atoms with Crippen LogP contribution in [0.4, 0.5) is 0 Å². The fraction of sp³-hybridized carbons (Fsp3) is 0.538. The maximum Gasteiger partial charge on any atom is 0.0351 e. The molecular formula is C13H19N. The molecule has 0 bridgehead atoms. The quantitative estimate of drug-likeness (QED) is 0.716. The van der Waals surface area contributed by atoms with E-state index in [2.05, 4.69) is 44.3 Å².